The van der Waals surface area contributed by atoms with Gasteiger partial charge in [-0.1, -0.05) is 24.1 Å². The van der Waals surface area contributed by atoms with Crippen molar-refractivity contribution in [1.29, 1.82) is 0 Å². The van der Waals surface area contributed by atoms with E-state index in [1.165, 1.54) is 24.6 Å². The van der Waals surface area contributed by atoms with Crippen LogP contribution in [-0.2, 0) is 19.7 Å². The average molecular weight is 402 g/mol. The van der Waals surface area contributed by atoms with Gasteiger partial charge >= 0.3 is 0 Å². The maximum absolute atomic E-state index is 13.0. The Labute approximate surface area is 153 Å². The quantitative estimate of drug-likeness (QED) is 0.632. The van der Waals surface area contributed by atoms with Gasteiger partial charge in [-0.3, -0.25) is 4.98 Å². The van der Waals surface area contributed by atoms with E-state index in [0.29, 0.717) is 29.8 Å². The summed E-state index contributed by atoms with van der Waals surface area (Å²) in [5.41, 5.74) is 0.594. The molecule has 1 atom stereocenters. The Morgan fingerprint density at radius 1 is 1.04 bits per heavy atom. The van der Waals surface area contributed by atoms with Gasteiger partial charge in [-0.05, 0) is 48.7 Å². The minimum absolute atomic E-state index is 0.0494. The highest BCUT2D eigenvalue weighted by Gasteiger charge is 2.29. The normalized spacial score (nSPS) is 13.5. The van der Waals surface area contributed by atoms with Crippen LogP contribution < -0.4 is 0 Å². The third-order valence-electron chi connectivity index (χ3n) is 3.80. The fourth-order valence-corrected chi connectivity index (χ4v) is 5.22. The number of benzene rings is 1. The first-order valence-electron chi connectivity index (χ1n) is 7.77. The van der Waals surface area contributed by atoms with Crippen molar-refractivity contribution in [3.05, 3.63) is 59.4 Å². The van der Waals surface area contributed by atoms with E-state index < -0.39 is 24.9 Å². The van der Waals surface area contributed by atoms with E-state index in [4.69, 9.17) is 11.6 Å². The molecule has 0 N–H and O–H groups in total. The van der Waals surface area contributed by atoms with E-state index in [1.807, 2.05) is 0 Å². The number of halogens is 1. The van der Waals surface area contributed by atoms with Gasteiger partial charge in [0, 0.05) is 29.4 Å². The van der Waals surface area contributed by atoms with Crippen molar-refractivity contribution >= 4 is 31.3 Å². The van der Waals surface area contributed by atoms with Crippen molar-refractivity contribution in [2.24, 2.45) is 0 Å². The first-order chi connectivity index (χ1) is 11.7. The van der Waals surface area contributed by atoms with Gasteiger partial charge in [-0.25, -0.2) is 16.8 Å². The van der Waals surface area contributed by atoms with E-state index in [2.05, 4.69) is 4.98 Å². The van der Waals surface area contributed by atoms with Crippen molar-refractivity contribution in [3.8, 4) is 0 Å². The highest BCUT2D eigenvalue weighted by Crippen LogP contribution is 2.33. The SMILES string of the molecule is CS(=O)(=O)CCCCC(c1cccnc1)S(=O)(=O)c1ccc(Cl)cc1. The highest BCUT2D eigenvalue weighted by molar-refractivity contribution is 7.91. The minimum atomic E-state index is -3.63. The van der Waals surface area contributed by atoms with E-state index in [-0.39, 0.29) is 10.6 Å². The number of hydrogen-bond acceptors (Lipinski definition) is 5. The summed E-state index contributed by atoms with van der Waals surface area (Å²) in [4.78, 5) is 4.20. The molecule has 0 aliphatic rings. The monoisotopic (exact) mass is 401 g/mol. The smallest absolute Gasteiger partial charge is 0.185 e. The van der Waals surface area contributed by atoms with E-state index >= 15 is 0 Å². The Hall–Kier alpha value is -1.44. The number of sulfone groups is 2. The summed E-state index contributed by atoms with van der Waals surface area (Å²) in [6.45, 7) is 0. The van der Waals surface area contributed by atoms with Gasteiger partial charge in [0.05, 0.1) is 10.1 Å². The van der Waals surface area contributed by atoms with Crippen molar-refractivity contribution in [1.82, 2.24) is 4.98 Å². The number of aromatic nitrogens is 1. The summed E-state index contributed by atoms with van der Waals surface area (Å²) in [6, 6.07) is 9.46. The van der Waals surface area contributed by atoms with Crippen LogP contribution in [0.15, 0.2) is 53.7 Å². The second-order valence-corrected chi connectivity index (χ2v) is 10.7. The molecule has 1 aromatic heterocycles. The Morgan fingerprint density at radius 2 is 1.72 bits per heavy atom. The lowest BCUT2D eigenvalue weighted by molar-refractivity contribution is 0.566. The van der Waals surface area contributed by atoms with Gasteiger partial charge in [0.15, 0.2) is 9.84 Å². The van der Waals surface area contributed by atoms with Crippen LogP contribution in [0, 0.1) is 0 Å². The van der Waals surface area contributed by atoms with Crippen LogP contribution in [0.4, 0.5) is 0 Å². The largest absolute Gasteiger partial charge is 0.264 e. The first-order valence-corrected chi connectivity index (χ1v) is 11.8. The van der Waals surface area contributed by atoms with Crippen LogP contribution in [0.5, 0.6) is 0 Å². The van der Waals surface area contributed by atoms with Crippen LogP contribution in [0.25, 0.3) is 0 Å². The first kappa shape index (κ1) is 19.9. The standard InChI is InChI=1S/C17H20ClNO4S2/c1-24(20,21)12-3-2-6-17(14-5-4-11-19-13-14)25(22,23)16-9-7-15(18)8-10-16/h4-5,7-11,13,17H,2-3,6,12H2,1H3. The third kappa shape index (κ3) is 5.80. The summed E-state index contributed by atoms with van der Waals surface area (Å²) in [5, 5.41) is -0.313. The molecule has 5 nitrogen and oxygen atoms in total. The third-order valence-corrected chi connectivity index (χ3v) is 7.27. The molecule has 0 saturated heterocycles. The summed E-state index contributed by atoms with van der Waals surface area (Å²) < 4.78 is 48.6. The molecule has 0 radical (unpaired) electrons. The zero-order valence-electron chi connectivity index (χ0n) is 13.8. The fourth-order valence-electron chi connectivity index (χ4n) is 2.55. The van der Waals surface area contributed by atoms with Gasteiger partial charge in [-0.15, -0.1) is 0 Å². The molecule has 8 heteroatoms. The van der Waals surface area contributed by atoms with Crippen LogP contribution in [-0.4, -0.2) is 33.8 Å². The molecule has 0 spiro atoms. The Kier molecular flexibility index (Phi) is 6.59. The number of hydrogen-bond donors (Lipinski definition) is 0. The summed E-state index contributed by atoms with van der Waals surface area (Å²) in [7, 11) is -6.69. The molecule has 2 aromatic rings. The molecule has 2 rings (SSSR count). The molecule has 0 fully saturated rings. The average Bonchev–Trinajstić information content (AvgIpc) is 2.54. The Morgan fingerprint density at radius 3 is 2.28 bits per heavy atom. The van der Waals surface area contributed by atoms with E-state index in [1.54, 1.807) is 30.5 Å². The van der Waals surface area contributed by atoms with Crippen molar-refractivity contribution in [3.63, 3.8) is 0 Å². The van der Waals surface area contributed by atoms with Crippen molar-refractivity contribution in [2.75, 3.05) is 12.0 Å². The molecule has 0 saturated carbocycles. The number of pyridine rings is 1. The lowest BCUT2D eigenvalue weighted by Gasteiger charge is -2.18. The van der Waals surface area contributed by atoms with E-state index in [0.717, 1.165) is 0 Å². The predicted octanol–water partition coefficient (Wildman–Crippen LogP) is 3.46. The summed E-state index contributed by atoms with van der Waals surface area (Å²) in [6.07, 6.45) is 5.53. The molecule has 1 unspecified atom stereocenters. The van der Waals surface area contributed by atoms with Gasteiger partial charge < -0.3 is 0 Å². The van der Waals surface area contributed by atoms with Crippen LogP contribution in [0.2, 0.25) is 5.02 Å². The molecular formula is C17H20ClNO4S2. The number of nitrogens with zero attached hydrogens (tertiary/aromatic N) is 1. The predicted molar refractivity (Wildman–Crippen MR) is 99.2 cm³/mol. The molecule has 0 bridgehead atoms. The second kappa shape index (κ2) is 8.29. The van der Waals surface area contributed by atoms with Crippen LogP contribution in [0.1, 0.15) is 30.1 Å². The maximum Gasteiger partial charge on any atom is 0.185 e. The molecule has 136 valence electrons. The molecule has 0 aliphatic carbocycles. The minimum Gasteiger partial charge on any atom is -0.264 e. The van der Waals surface area contributed by atoms with Crippen molar-refractivity contribution in [2.45, 2.75) is 29.4 Å². The van der Waals surface area contributed by atoms with Gasteiger partial charge in [0.1, 0.15) is 9.84 Å². The molecule has 0 aliphatic heterocycles. The molecule has 25 heavy (non-hydrogen) atoms. The molecule has 0 amide bonds. The molecule has 1 aromatic carbocycles. The zero-order chi connectivity index (χ0) is 18.5. The summed E-state index contributed by atoms with van der Waals surface area (Å²) in [5.74, 6) is 0.0494. The Balaban J connectivity index is 2.26. The number of unbranched alkanes of at least 4 members (excludes halogenated alkanes) is 1. The van der Waals surface area contributed by atoms with Gasteiger partial charge in [-0.2, -0.15) is 0 Å². The summed E-state index contributed by atoms with van der Waals surface area (Å²) >= 11 is 5.84. The Bertz CT molecular complexity index is 895. The highest BCUT2D eigenvalue weighted by atomic mass is 35.5. The van der Waals surface area contributed by atoms with Crippen LogP contribution in [0.3, 0.4) is 0 Å². The molecular weight excluding hydrogens is 382 g/mol. The van der Waals surface area contributed by atoms with Gasteiger partial charge in [0.25, 0.3) is 0 Å². The topological polar surface area (TPSA) is 81.2 Å². The zero-order valence-corrected chi connectivity index (χ0v) is 16.2. The maximum atomic E-state index is 13.0. The van der Waals surface area contributed by atoms with Gasteiger partial charge in [0.2, 0.25) is 0 Å². The number of rotatable bonds is 8. The van der Waals surface area contributed by atoms with E-state index in [9.17, 15) is 16.8 Å². The second-order valence-electron chi connectivity index (χ2n) is 5.90. The van der Waals surface area contributed by atoms with Crippen LogP contribution >= 0.6 is 11.6 Å². The molecule has 1 heterocycles. The van der Waals surface area contributed by atoms with Crippen molar-refractivity contribution < 1.29 is 16.8 Å². The fraction of sp³-hybridized carbons (Fsp3) is 0.353. The lowest BCUT2D eigenvalue weighted by atomic mass is 10.1. The lowest BCUT2D eigenvalue weighted by Crippen LogP contribution is -2.15.